The van der Waals surface area contributed by atoms with Crippen molar-refractivity contribution in [2.45, 2.75) is 66.7 Å². The van der Waals surface area contributed by atoms with Gasteiger partial charge in [0.15, 0.2) is 0 Å². The Kier molecular flexibility index (Phi) is 7.97. The Bertz CT molecular complexity index is 595. The molecule has 1 aliphatic rings. The second-order valence-electron chi connectivity index (χ2n) is 7.47. The maximum Gasteiger partial charge on any atom is 0.303 e. The third-order valence-electron chi connectivity index (χ3n) is 4.64. The van der Waals surface area contributed by atoms with Gasteiger partial charge < -0.3 is 5.11 Å². The van der Waals surface area contributed by atoms with Crippen molar-refractivity contribution in [2.75, 3.05) is 0 Å². The first-order chi connectivity index (χ1) is 11.2. The average Bonchev–Trinajstić information content (AvgIpc) is 2.48. The number of carboxylic acids is 1. The van der Waals surface area contributed by atoms with Crippen LogP contribution in [0.3, 0.4) is 0 Å². The smallest absolute Gasteiger partial charge is 0.303 e. The molecule has 0 aliphatic heterocycles. The lowest BCUT2D eigenvalue weighted by molar-refractivity contribution is -0.136. The summed E-state index contributed by atoms with van der Waals surface area (Å²) in [7, 11) is 0. The normalized spacial score (nSPS) is 19.5. The fraction of sp³-hybridized carbons (Fsp3) is 0.500. The van der Waals surface area contributed by atoms with Gasteiger partial charge >= 0.3 is 5.97 Å². The summed E-state index contributed by atoms with van der Waals surface area (Å²) in [4.78, 5) is 10.5. The van der Waals surface area contributed by atoms with Crippen LogP contribution in [0.1, 0.15) is 66.7 Å². The van der Waals surface area contributed by atoms with Crippen molar-refractivity contribution in [3.8, 4) is 0 Å². The highest BCUT2D eigenvalue weighted by molar-refractivity contribution is 5.67. The molecule has 0 saturated heterocycles. The standard InChI is InChI=1S/C22H32O2/c1-17(9-6-7-10-18(2)13-15-21(23)24)12-14-20-19(3)11-8-16-22(20,4)5/h6-7,9-10,12,14H,8,11,13,15-16H2,1-5H3,(H,23,24)/b7-6+,14-12+,17-9+,18-10+. The number of carbonyl (C=O) groups is 1. The predicted octanol–water partition coefficient (Wildman–Crippen LogP) is 6.38. The van der Waals surface area contributed by atoms with Gasteiger partial charge in [0.1, 0.15) is 0 Å². The number of aliphatic carboxylic acids is 1. The van der Waals surface area contributed by atoms with Crippen molar-refractivity contribution in [2.24, 2.45) is 5.41 Å². The van der Waals surface area contributed by atoms with E-state index in [-0.39, 0.29) is 11.8 Å². The van der Waals surface area contributed by atoms with Crippen molar-refractivity contribution in [1.82, 2.24) is 0 Å². The molecule has 0 bridgehead atoms. The molecule has 1 aliphatic carbocycles. The van der Waals surface area contributed by atoms with Gasteiger partial charge in [0.2, 0.25) is 0 Å². The van der Waals surface area contributed by atoms with Crippen LogP contribution in [0.4, 0.5) is 0 Å². The third-order valence-corrected chi connectivity index (χ3v) is 4.64. The maximum atomic E-state index is 10.5. The molecule has 0 atom stereocenters. The van der Waals surface area contributed by atoms with E-state index in [0.29, 0.717) is 6.42 Å². The van der Waals surface area contributed by atoms with Crippen LogP contribution in [0.15, 0.2) is 58.7 Å². The first kappa shape index (κ1) is 20.2. The summed E-state index contributed by atoms with van der Waals surface area (Å²) >= 11 is 0. The third kappa shape index (κ3) is 7.16. The molecule has 0 amide bonds. The summed E-state index contributed by atoms with van der Waals surface area (Å²) in [6.45, 7) is 11.0. The zero-order chi connectivity index (χ0) is 18.2. The number of rotatable bonds is 7. The highest BCUT2D eigenvalue weighted by Crippen LogP contribution is 2.40. The van der Waals surface area contributed by atoms with Crippen molar-refractivity contribution in [3.63, 3.8) is 0 Å². The monoisotopic (exact) mass is 328 g/mol. The minimum Gasteiger partial charge on any atom is -0.481 e. The molecule has 2 nitrogen and oxygen atoms in total. The van der Waals surface area contributed by atoms with E-state index in [1.807, 2.05) is 25.2 Å². The molecule has 2 heteroatoms. The van der Waals surface area contributed by atoms with Crippen LogP contribution >= 0.6 is 0 Å². The van der Waals surface area contributed by atoms with Gasteiger partial charge in [-0.15, -0.1) is 0 Å². The van der Waals surface area contributed by atoms with Gasteiger partial charge in [0.05, 0.1) is 0 Å². The Morgan fingerprint density at radius 1 is 1.17 bits per heavy atom. The zero-order valence-electron chi connectivity index (χ0n) is 15.9. The summed E-state index contributed by atoms with van der Waals surface area (Å²) in [5.41, 5.74) is 5.57. The van der Waals surface area contributed by atoms with Crippen LogP contribution in [0.2, 0.25) is 0 Å². The van der Waals surface area contributed by atoms with Gasteiger partial charge in [-0.3, -0.25) is 4.79 Å². The Balaban J connectivity index is 2.65. The van der Waals surface area contributed by atoms with Gasteiger partial charge in [0.25, 0.3) is 0 Å². The lowest BCUT2D eigenvalue weighted by Gasteiger charge is -2.32. The Labute approximate surface area is 147 Å². The number of hydrogen-bond donors (Lipinski definition) is 1. The van der Waals surface area contributed by atoms with Gasteiger partial charge in [-0.05, 0) is 57.4 Å². The van der Waals surface area contributed by atoms with E-state index >= 15 is 0 Å². The SMILES string of the molecule is CC1=C(/C=C/C(C)=C/C=C/C=C(\C)CCC(=O)O)C(C)(C)CCC1. The van der Waals surface area contributed by atoms with Gasteiger partial charge in [-0.1, -0.05) is 67.0 Å². The first-order valence-corrected chi connectivity index (χ1v) is 8.83. The quantitative estimate of drug-likeness (QED) is 0.550. The van der Waals surface area contributed by atoms with E-state index < -0.39 is 5.97 Å². The van der Waals surface area contributed by atoms with E-state index in [2.05, 4.69) is 45.9 Å². The molecule has 0 aromatic heterocycles. The summed E-state index contributed by atoms with van der Waals surface area (Å²) in [6, 6.07) is 0. The van der Waals surface area contributed by atoms with Crippen LogP contribution in [0.25, 0.3) is 0 Å². The van der Waals surface area contributed by atoms with Crippen molar-refractivity contribution >= 4 is 5.97 Å². The second kappa shape index (κ2) is 9.46. The van der Waals surface area contributed by atoms with Crippen molar-refractivity contribution in [1.29, 1.82) is 0 Å². The van der Waals surface area contributed by atoms with E-state index in [1.165, 1.54) is 36.0 Å². The Morgan fingerprint density at radius 3 is 2.46 bits per heavy atom. The molecule has 0 heterocycles. The summed E-state index contributed by atoms with van der Waals surface area (Å²) in [6.07, 6.45) is 17.1. The fourth-order valence-corrected chi connectivity index (χ4v) is 3.10. The highest BCUT2D eigenvalue weighted by atomic mass is 16.4. The molecule has 132 valence electrons. The van der Waals surface area contributed by atoms with E-state index in [1.54, 1.807) is 0 Å². The molecular weight excluding hydrogens is 296 g/mol. The maximum absolute atomic E-state index is 10.5. The average molecular weight is 328 g/mol. The molecule has 0 aromatic carbocycles. The molecule has 0 saturated carbocycles. The molecular formula is C22H32O2. The van der Waals surface area contributed by atoms with Crippen molar-refractivity contribution < 1.29 is 9.90 Å². The van der Waals surface area contributed by atoms with Crippen LogP contribution in [-0.4, -0.2) is 11.1 Å². The molecule has 1 N–H and O–H groups in total. The second-order valence-corrected chi connectivity index (χ2v) is 7.47. The van der Waals surface area contributed by atoms with Crippen LogP contribution in [-0.2, 0) is 4.79 Å². The minimum absolute atomic E-state index is 0.192. The Morgan fingerprint density at radius 2 is 1.83 bits per heavy atom. The van der Waals surface area contributed by atoms with E-state index in [4.69, 9.17) is 5.11 Å². The molecule has 0 unspecified atom stereocenters. The first-order valence-electron chi connectivity index (χ1n) is 8.83. The minimum atomic E-state index is -0.747. The molecule has 0 spiro atoms. The van der Waals surface area contributed by atoms with E-state index in [9.17, 15) is 4.79 Å². The highest BCUT2D eigenvalue weighted by Gasteiger charge is 2.26. The zero-order valence-corrected chi connectivity index (χ0v) is 15.9. The fourth-order valence-electron chi connectivity index (χ4n) is 3.10. The summed E-state index contributed by atoms with van der Waals surface area (Å²) in [5, 5.41) is 8.66. The predicted molar refractivity (Wildman–Crippen MR) is 103 cm³/mol. The largest absolute Gasteiger partial charge is 0.481 e. The van der Waals surface area contributed by atoms with Crippen LogP contribution in [0, 0.1) is 5.41 Å². The van der Waals surface area contributed by atoms with E-state index in [0.717, 1.165) is 5.57 Å². The molecule has 0 radical (unpaired) electrons. The molecule has 0 aromatic rings. The number of allylic oxidation sites excluding steroid dienone is 10. The topological polar surface area (TPSA) is 37.3 Å². The molecule has 1 rings (SSSR count). The van der Waals surface area contributed by atoms with Crippen LogP contribution in [0.5, 0.6) is 0 Å². The Hall–Kier alpha value is -1.83. The number of hydrogen-bond acceptors (Lipinski definition) is 1. The summed E-state index contributed by atoms with van der Waals surface area (Å²) in [5.74, 6) is -0.747. The molecule has 24 heavy (non-hydrogen) atoms. The van der Waals surface area contributed by atoms with Crippen molar-refractivity contribution in [3.05, 3.63) is 58.7 Å². The lowest BCUT2D eigenvalue weighted by atomic mass is 9.72. The number of carboxylic acid groups (broad SMARTS) is 1. The van der Waals surface area contributed by atoms with Gasteiger partial charge in [0, 0.05) is 6.42 Å². The van der Waals surface area contributed by atoms with Gasteiger partial charge in [-0.25, -0.2) is 0 Å². The lowest BCUT2D eigenvalue weighted by Crippen LogP contribution is -2.19. The molecule has 0 fully saturated rings. The van der Waals surface area contributed by atoms with Gasteiger partial charge in [-0.2, -0.15) is 0 Å². The van der Waals surface area contributed by atoms with Crippen LogP contribution < -0.4 is 0 Å². The summed E-state index contributed by atoms with van der Waals surface area (Å²) < 4.78 is 0.